The molecule has 0 radical (unpaired) electrons. The molecule has 0 saturated carbocycles. The van der Waals surface area contributed by atoms with Crippen LogP contribution < -0.4 is 0 Å². The van der Waals surface area contributed by atoms with E-state index < -0.39 is 11.9 Å². The number of aliphatic carboxylic acids is 1. The van der Waals surface area contributed by atoms with Gasteiger partial charge in [-0.3, -0.25) is 9.59 Å². The Hall–Kier alpha value is -1.32. The van der Waals surface area contributed by atoms with E-state index >= 15 is 0 Å². The number of carboxylic acid groups (broad SMARTS) is 1. The molecular weight excluding hydrogens is 484 g/mol. The Bertz CT molecular complexity index is 557. The van der Waals surface area contributed by atoms with Crippen molar-refractivity contribution in [2.75, 3.05) is 6.61 Å². The lowest BCUT2D eigenvalue weighted by atomic mass is 9.97. The van der Waals surface area contributed by atoms with Crippen LogP contribution in [0.3, 0.4) is 0 Å². The fourth-order valence-electron chi connectivity index (χ4n) is 5.24. The van der Waals surface area contributed by atoms with Crippen LogP contribution in [0.4, 0.5) is 0 Å². The van der Waals surface area contributed by atoms with Crippen LogP contribution in [-0.2, 0) is 14.3 Å². The molecule has 0 rings (SSSR count). The molecule has 4 nitrogen and oxygen atoms in total. The molecule has 1 atom stereocenters. The second-order valence-corrected chi connectivity index (χ2v) is 11.7. The number of carbonyl (C=O) groups excluding carboxylic acids is 1. The van der Waals surface area contributed by atoms with Gasteiger partial charge in [0.15, 0.2) is 0 Å². The standard InChI is InChI=1S/C35H66O4/c1-3-5-6-7-8-9-10-11-12-13-14-15-16-17-18-19-20-21-22-23-24-25-26-27-28-29-30-33(32-34(36)37)35(38)39-31-4-2/h18-19,33H,3-17,20-32H2,1-2H3,(H,36,37)/b19-18+. The molecule has 0 aromatic rings. The van der Waals surface area contributed by atoms with Crippen molar-refractivity contribution in [1.29, 1.82) is 0 Å². The molecule has 0 heterocycles. The first-order valence-corrected chi connectivity index (χ1v) is 17.1. The topological polar surface area (TPSA) is 63.6 Å². The summed E-state index contributed by atoms with van der Waals surface area (Å²) in [6.45, 7) is 4.61. The van der Waals surface area contributed by atoms with Crippen molar-refractivity contribution in [1.82, 2.24) is 0 Å². The van der Waals surface area contributed by atoms with Crippen molar-refractivity contribution in [3.05, 3.63) is 12.2 Å². The maximum atomic E-state index is 12.0. The summed E-state index contributed by atoms with van der Waals surface area (Å²) in [4.78, 5) is 23.0. The van der Waals surface area contributed by atoms with E-state index in [1.807, 2.05) is 6.92 Å². The van der Waals surface area contributed by atoms with E-state index in [-0.39, 0.29) is 12.4 Å². The largest absolute Gasteiger partial charge is 0.481 e. The number of unbranched alkanes of at least 4 members (excludes halogenated alkanes) is 22. The number of carboxylic acids is 1. The van der Waals surface area contributed by atoms with E-state index in [9.17, 15) is 9.59 Å². The quantitative estimate of drug-likeness (QED) is 0.0529. The Morgan fingerprint density at radius 2 is 0.949 bits per heavy atom. The molecule has 0 aliphatic heterocycles. The summed E-state index contributed by atoms with van der Waals surface area (Å²) in [6, 6.07) is 0. The van der Waals surface area contributed by atoms with Crippen LogP contribution in [0.25, 0.3) is 0 Å². The highest BCUT2D eigenvalue weighted by atomic mass is 16.5. The van der Waals surface area contributed by atoms with Gasteiger partial charge < -0.3 is 9.84 Å². The van der Waals surface area contributed by atoms with Crippen LogP contribution in [0.5, 0.6) is 0 Å². The lowest BCUT2D eigenvalue weighted by Gasteiger charge is -2.13. The van der Waals surface area contributed by atoms with E-state index in [4.69, 9.17) is 9.84 Å². The number of carbonyl (C=O) groups is 2. The number of ether oxygens (including phenoxy) is 1. The van der Waals surface area contributed by atoms with Gasteiger partial charge in [-0.1, -0.05) is 154 Å². The molecule has 0 fully saturated rings. The Kier molecular flexibility index (Phi) is 30.2. The molecule has 0 saturated heterocycles. The average Bonchev–Trinajstić information content (AvgIpc) is 2.92. The van der Waals surface area contributed by atoms with E-state index in [1.165, 1.54) is 141 Å². The van der Waals surface area contributed by atoms with E-state index in [2.05, 4.69) is 19.1 Å². The van der Waals surface area contributed by atoms with E-state index in [0.29, 0.717) is 13.0 Å². The number of allylic oxidation sites excluding steroid dienone is 2. The van der Waals surface area contributed by atoms with Gasteiger partial charge in [-0.25, -0.2) is 0 Å². The molecule has 0 aromatic carbocycles. The monoisotopic (exact) mass is 550 g/mol. The molecule has 0 aromatic heterocycles. The fraction of sp³-hybridized carbons (Fsp3) is 0.886. The fourth-order valence-corrected chi connectivity index (χ4v) is 5.24. The van der Waals surface area contributed by atoms with Gasteiger partial charge in [-0.15, -0.1) is 0 Å². The number of hydrogen-bond acceptors (Lipinski definition) is 3. The zero-order chi connectivity index (χ0) is 28.7. The maximum Gasteiger partial charge on any atom is 0.309 e. The summed E-state index contributed by atoms with van der Waals surface area (Å²) < 4.78 is 5.16. The summed E-state index contributed by atoms with van der Waals surface area (Å²) >= 11 is 0. The van der Waals surface area contributed by atoms with Crippen LogP contribution in [0.15, 0.2) is 12.2 Å². The molecule has 230 valence electrons. The van der Waals surface area contributed by atoms with Gasteiger partial charge in [0.1, 0.15) is 0 Å². The molecule has 1 unspecified atom stereocenters. The smallest absolute Gasteiger partial charge is 0.309 e. The molecule has 1 N–H and O–H groups in total. The number of esters is 1. The second kappa shape index (κ2) is 31.2. The molecular formula is C35H66O4. The summed E-state index contributed by atoms with van der Waals surface area (Å²) in [5, 5.41) is 9.04. The minimum atomic E-state index is -0.918. The van der Waals surface area contributed by atoms with Crippen molar-refractivity contribution in [2.45, 2.75) is 187 Å². The third kappa shape index (κ3) is 29.5. The highest BCUT2D eigenvalue weighted by Crippen LogP contribution is 2.18. The van der Waals surface area contributed by atoms with Gasteiger partial charge in [0.05, 0.1) is 18.9 Å². The normalized spacial score (nSPS) is 12.3. The molecule has 0 aliphatic carbocycles. The third-order valence-electron chi connectivity index (χ3n) is 7.77. The van der Waals surface area contributed by atoms with Gasteiger partial charge in [-0.2, -0.15) is 0 Å². The third-order valence-corrected chi connectivity index (χ3v) is 7.77. The van der Waals surface area contributed by atoms with Crippen molar-refractivity contribution >= 4 is 11.9 Å². The molecule has 0 amide bonds. The summed E-state index contributed by atoms with van der Waals surface area (Å²) in [5.41, 5.74) is 0. The Labute approximate surface area is 243 Å². The Morgan fingerprint density at radius 3 is 1.33 bits per heavy atom. The highest BCUT2D eigenvalue weighted by molar-refractivity contribution is 5.79. The van der Waals surface area contributed by atoms with Crippen molar-refractivity contribution in [2.24, 2.45) is 5.92 Å². The van der Waals surface area contributed by atoms with Crippen LogP contribution in [0.1, 0.15) is 187 Å². The first-order chi connectivity index (χ1) is 19.1. The van der Waals surface area contributed by atoms with E-state index in [1.54, 1.807) is 0 Å². The molecule has 0 spiro atoms. The van der Waals surface area contributed by atoms with Crippen molar-refractivity contribution < 1.29 is 19.4 Å². The van der Waals surface area contributed by atoms with Crippen LogP contribution >= 0.6 is 0 Å². The molecule has 4 heteroatoms. The molecule has 0 aliphatic rings. The summed E-state index contributed by atoms with van der Waals surface area (Å²) in [7, 11) is 0. The lowest BCUT2D eigenvalue weighted by Crippen LogP contribution is -2.21. The maximum absolute atomic E-state index is 12.0. The van der Waals surface area contributed by atoms with E-state index in [0.717, 1.165) is 19.3 Å². The van der Waals surface area contributed by atoms with Crippen LogP contribution in [0, 0.1) is 5.92 Å². The number of hydrogen-bond donors (Lipinski definition) is 1. The first-order valence-electron chi connectivity index (χ1n) is 17.1. The first kappa shape index (κ1) is 37.7. The zero-order valence-electron chi connectivity index (χ0n) is 26.2. The Balaban J connectivity index is 3.37. The van der Waals surface area contributed by atoms with Gasteiger partial charge in [0, 0.05) is 0 Å². The minimum absolute atomic E-state index is 0.114. The second-order valence-electron chi connectivity index (χ2n) is 11.7. The van der Waals surface area contributed by atoms with Crippen molar-refractivity contribution in [3.8, 4) is 0 Å². The predicted octanol–water partition coefficient (Wildman–Crippen LogP) is 11.4. The molecule has 0 bridgehead atoms. The predicted molar refractivity (Wildman–Crippen MR) is 167 cm³/mol. The molecule has 39 heavy (non-hydrogen) atoms. The van der Waals surface area contributed by atoms with Crippen molar-refractivity contribution in [3.63, 3.8) is 0 Å². The van der Waals surface area contributed by atoms with Crippen LogP contribution in [0.2, 0.25) is 0 Å². The highest BCUT2D eigenvalue weighted by Gasteiger charge is 2.22. The SMILES string of the molecule is CCCCCCCCCCCCCCC/C=C/CCCCCCCCCCCC(CC(=O)O)C(=O)OCCC. The van der Waals surface area contributed by atoms with Crippen LogP contribution in [-0.4, -0.2) is 23.7 Å². The zero-order valence-corrected chi connectivity index (χ0v) is 26.2. The van der Waals surface area contributed by atoms with Gasteiger partial charge >= 0.3 is 11.9 Å². The Morgan fingerprint density at radius 1 is 0.564 bits per heavy atom. The average molecular weight is 551 g/mol. The lowest BCUT2D eigenvalue weighted by molar-refractivity contribution is -0.153. The summed E-state index contributed by atoms with van der Waals surface area (Å²) in [6.07, 6.45) is 38.1. The minimum Gasteiger partial charge on any atom is -0.481 e. The van der Waals surface area contributed by atoms with Gasteiger partial charge in [-0.05, 0) is 38.5 Å². The van der Waals surface area contributed by atoms with Gasteiger partial charge in [0.2, 0.25) is 0 Å². The van der Waals surface area contributed by atoms with Gasteiger partial charge in [0.25, 0.3) is 0 Å². The summed E-state index contributed by atoms with van der Waals surface area (Å²) in [5.74, 6) is -1.75. The number of rotatable bonds is 31.